The van der Waals surface area contributed by atoms with Crippen molar-refractivity contribution in [2.24, 2.45) is 0 Å². The van der Waals surface area contributed by atoms with Crippen molar-refractivity contribution in [3.8, 4) is 39.9 Å². The molecule has 0 N–H and O–H groups in total. The summed E-state index contributed by atoms with van der Waals surface area (Å²) in [6.45, 7) is 0. The first-order valence-electron chi connectivity index (χ1n) is 17.4. The molecule has 8 aromatic carbocycles. The fourth-order valence-electron chi connectivity index (χ4n) is 7.78. The van der Waals surface area contributed by atoms with Crippen molar-refractivity contribution in [2.75, 3.05) is 0 Å². The van der Waals surface area contributed by atoms with E-state index in [-0.39, 0.29) is 0 Å². The van der Waals surface area contributed by atoms with Gasteiger partial charge in [-0.15, -0.1) is 0 Å². The highest BCUT2D eigenvalue weighted by atomic mass is 16.3. The number of furan rings is 1. The lowest BCUT2D eigenvalue weighted by Gasteiger charge is -2.10. The zero-order valence-electron chi connectivity index (χ0n) is 27.9. The highest BCUT2D eigenvalue weighted by Gasteiger charge is 2.21. The summed E-state index contributed by atoms with van der Waals surface area (Å²) in [5.74, 6) is 1.79. The molecule has 0 aliphatic carbocycles. The molecule has 3 aromatic heterocycles. The lowest BCUT2D eigenvalue weighted by Crippen LogP contribution is -2.00. The predicted octanol–water partition coefficient (Wildman–Crippen LogP) is 12.2. The Morgan fingerprint density at radius 3 is 1.73 bits per heavy atom. The van der Waals surface area contributed by atoms with Gasteiger partial charge in [0.05, 0.1) is 16.6 Å². The van der Waals surface area contributed by atoms with Crippen LogP contribution in [0, 0.1) is 0 Å². The van der Waals surface area contributed by atoms with Crippen LogP contribution in [0.15, 0.2) is 174 Å². The molecule has 0 aliphatic heterocycles. The molecule has 0 aliphatic rings. The van der Waals surface area contributed by atoms with E-state index in [1.807, 2.05) is 60.7 Å². The van der Waals surface area contributed by atoms with E-state index in [0.717, 1.165) is 66.1 Å². The van der Waals surface area contributed by atoms with Crippen LogP contribution in [-0.2, 0) is 0 Å². The van der Waals surface area contributed by atoms with E-state index >= 15 is 0 Å². The quantitative estimate of drug-likeness (QED) is 0.188. The van der Waals surface area contributed by atoms with Gasteiger partial charge in [-0.25, -0.2) is 15.0 Å². The molecule has 52 heavy (non-hydrogen) atoms. The monoisotopic (exact) mass is 664 g/mol. The number of fused-ring (bicyclic) bond motifs is 9. The molecule has 242 valence electrons. The minimum atomic E-state index is 0.567. The normalized spacial score (nSPS) is 11.8. The molecule has 11 rings (SSSR count). The Morgan fingerprint density at radius 1 is 0.404 bits per heavy atom. The van der Waals surface area contributed by atoms with Crippen molar-refractivity contribution in [2.45, 2.75) is 0 Å². The van der Waals surface area contributed by atoms with Crippen molar-refractivity contribution in [1.29, 1.82) is 0 Å². The Balaban J connectivity index is 1.19. The van der Waals surface area contributed by atoms with Gasteiger partial charge in [0, 0.05) is 44.4 Å². The summed E-state index contributed by atoms with van der Waals surface area (Å²) in [7, 11) is 0. The smallest absolute Gasteiger partial charge is 0.167 e. The second-order valence-electron chi connectivity index (χ2n) is 13.2. The molecule has 3 heterocycles. The summed E-state index contributed by atoms with van der Waals surface area (Å²) in [5.41, 5.74) is 7.58. The summed E-state index contributed by atoms with van der Waals surface area (Å²) >= 11 is 0. The van der Waals surface area contributed by atoms with Gasteiger partial charge >= 0.3 is 0 Å². The fraction of sp³-hybridized carbons (Fsp3) is 0. The molecule has 0 unspecified atom stereocenters. The number of nitrogens with zero attached hydrogens (tertiary/aromatic N) is 4. The average Bonchev–Trinajstić information content (AvgIpc) is 3.75. The maximum absolute atomic E-state index is 6.96. The standard InChI is InChI=1S/C47H28N4O/c1-3-13-29(14-4-1)45-48-46(30-15-5-2-6-16-30)50-47(49-45)39-26-33-19-9-10-20-35(33)43-37-24-23-34(28-42(37)52-44(39)43)51-40-22-12-11-21-36(40)38-25-31-17-7-8-18-32(31)27-41(38)51/h1-28H. The molecule has 0 saturated heterocycles. The minimum absolute atomic E-state index is 0.567. The van der Waals surface area contributed by atoms with Gasteiger partial charge in [-0.05, 0) is 57.9 Å². The Hall–Kier alpha value is -7.11. The van der Waals surface area contributed by atoms with Gasteiger partial charge in [0.25, 0.3) is 0 Å². The average molecular weight is 665 g/mol. The van der Waals surface area contributed by atoms with Crippen molar-refractivity contribution in [1.82, 2.24) is 19.5 Å². The van der Waals surface area contributed by atoms with Crippen LogP contribution in [0.2, 0.25) is 0 Å². The molecule has 0 atom stereocenters. The van der Waals surface area contributed by atoms with Crippen LogP contribution in [-0.4, -0.2) is 19.5 Å². The van der Waals surface area contributed by atoms with Crippen LogP contribution in [0.1, 0.15) is 0 Å². The molecule has 0 fully saturated rings. The molecule has 11 aromatic rings. The third-order valence-electron chi connectivity index (χ3n) is 10.2. The molecule has 5 heteroatoms. The largest absolute Gasteiger partial charge is 0.455 e. The van der Waals surface area contributed by atoms with Gasteiger partial charge in [-0.1, -0.05) is 127 Å². The number of rotatable bonds is 4. The van der Waals surface area contributed by atoms with Crippen LogP contribution in [0.5, 0.6) is 0 Å². The van der Waals surface area contributed by atoms with Crippen LogP contribution in [0.25, 0.3) is 105 Å². The molecular weight excluding hydrogens is 637 g/mol. The minimum Gasteiger partial charge on any atom is -0.455 e. The van der Waals surface area contributed by atoms with Crippen LogP contribution in [0.4, 0.5) is 0 Å². The number of para-hydroxylation sites is 1. The highest BCUT2D eigenvalue weighted by Crippen LogP contribution is 2.42. The number of hydrogen-bond acceptors (Lipinski definition) is 4. The summed E-state index contributed by atoms with van der Waals surface area (Å²) in [6, 6.07) is 59.2. The Morgan fingerprint density at radius 2 is 1.00 bits per heavy atom. The van der Waals surface area contributed by atoms with E-state index in [2.05, 4.69) is 114 Å². The van der Waals surface area contributed by atoms with E-state index in [9.17, 15) is 0 Å². The van der Waals surface area contributed by atoms with Crippen LogP contribution < -0.4 is 0 Å². The lowest BCUT2D eigenvalue weighted by atomic mass is 9.99. The second kappa shape index (κ2) is 11.2. The van der Waals surface area contributed by atoms with Gasteiger partial charge in [0.2, 0.25) is 0 Å². The first kappa shape index (κ1) is 28.7. The summed E-state index contributed by atoms with van der Waals surface area (Å²) in [6.07, 6.45) is 0. The summed E-state index contributed by atoms with van der Waals surface area (Å²) in [4.78, 5) is 15.1. The third-order valence-corrected chi connectivity index (χ3v) is 10.2. The third kappa shape index (κ3) is 4.39. The van der Waals surface area contributed by atoms with Gasteiger partial charge < -0.3 is 8.98 Å². The molecular formula is C47H28N4O. The second-order valence-corrected chi connectivity index (χ2v) is 13.2. The maximum Gasteiger partial charge on any atom is 0.167 e. The zero-order valence-corrected chi connectivity index (χ0v) is 27.9. The predicted molar refractivity (Wildman–Crippen MR) is 213 cm³/mol. The Kier molecular flexibility index (Phi) is 6.18. The molecule has 0 radical (unpaired) electrons. The van der Waals surface area contributed by atoms with Crippen LogP contribution >= 0.6 is 0 Å². The van der Waals surface area contributed by atoms with Crippen molar-refractivity contribution in [3.63, 3.8) is 0 Å². The number of benzene rings is 8. The fourth-order valence-corrected chi connectivity index (χ4v) is 7.78. The first-order valence-corrected chi connectivity index (χ1v) is 17.4. The summed E-state index contributed by atoms with van der Waals surface area (Å²) < 4.78 is 9.31. The summed E-state index contributed by atoms with van der Waals surface area (Å²) in [5, 5.41) is 9.20. The van der Waals surface area contributed by atoms with Crippen molar-refractivity contribution >= 4 is 65.3 Å². The van der Waals surface area contributed by atoms with Crippen molar-refractivity contribution in [3.05, 3.63) is 170 Å². The van der Waals surface area contributed by atoms with Gasteiger partial charge in [0.1, 0.15) is 11.2 Å². The Labute approximate surface area is 298 Å². The number of aromatic nitrogens is 4. The van der Waals surface area contributed by atoms with E-state index in [1.54, 1.807) is 0 Å². The van der Waals surface area contributed by atoms with Gasteiger partial charge in [-0.3, -0.25) is 0 Å². The molecule has 0 amide bonds. The zero-order chi connectivity index (χ0) is 34.2. The molecule has 0 spiro atoms. The Bertz CT molecular complexity index is 3120. The SMILES string of the molecule is c1ccc(-c2nc(-c3ccccc3)nc(-c3cc4ccccc4c4c3oc3cc(-n5c6ccccc6c6cc7ccccc7cc65)ccc34)n2)cc1. The van der Waals surface area contributed by atoms with Crippen molar-refractivity contribution < 1.29 is 4.42 Å². The highest BCUT2D eigenvalue weighted by molar-refractivity contribution is 6.22. The maximum atomic E-state index is 6.96. The molecule has 0 bridgehead atoms. The van der Waals surface area contributed by atoms with Gasteiger partial charge in [-0.2, -0.15) is 0 Å². The number of hydrogen-bond donors (Lipinski definition) is 0. The topological polar surface area (TPSA) is 56.7 Å². The molecule has 0 saturated carbocycles. The van der Waals surface area contributed by atoms with E-state index < -0.39 is 0 Å². The first-order chi connectivity index (χ1) is 25.8. The van der Waals surface area contributed by atoms with Gasteiger partial charge in [0.15, 0.2) is 17.5 Å². The van der Waals surface area contributed by atoms with E-state index in [4.69, 9.17) is 19.4 Å². The van der Waals surface area contributed by atoms with Crippen LogP contribution in [0.3, 0.4) is 0 Å². The van der Waals surface area contributed by atoms with E-state index in [0.29, 0.717) is 17.5 Å². The van der Waals surface area contributed by atoms with E-state index in [1.165, 1.54) is 21.5 Å². The lowest BCUT2D eigenvalue weighted by molar-refractivity contribution is 0.669. The molecule has 5 nitrogen and oxygen atoms in total.